The summed E-state index contributed by atoms with van der Waals surface area (Å²) in [6, 6.07) is 10.8. The van der Waals surface area contributed by atoms with Crippen LogP contribution in [0.5, 0.6) is 0 Å². The summed E-state index contributed by atoms with van der Waals surface area (Å²) in [5.74, 6) is 0.104. The summed E-state index contributed by atoms with van der Waals surface area (Å²) in [5, 5.41) is 11.1. The van der Waals surface area contributed by atoms with Gasteiger partial charge >= 0.3 is 0 Å². The van der Waals surface area contributed by atoms with Gasteiger partial charge in [0.25, 0.3) is 5.69 Å². The number of non-ortho nitro benzene ring substituents is 1. The van der Waals surface area contributed by atoms with Crippen molar-refractivity contribution in [1.29, 1.82) is 0 Å². The van der Waals surface area contributed by atoms with E-state index < -0.39 is 27.6 Å². The van der Waals surface area contributed by atoms with E-state index in [1.54, 1.807) is 23.1 Å². The number of carbonyl (C=O) groups is 1. The minimum Gasteiger partial charge on any atom is -0.312 e. The Hall–Kier alpha value is -2.62. The molecule has 2 aliphatic rings. The summed E-state index contributed by atoms with van der Waals surface area (Å²) in [6.45, 7) is 2.51. The highest BCUT2D eigenvalue weighted by atomic mass is 32.2. The standard InChI is InChI=1S/C19H19N3O5S/c1-2-21-16-7-6-13(11-15(16)19(8-9-19)18(21)23)17(20-28(26)27)12-4-3-5-14(10-12)22(24)25/h3-7,10-11,17,20H,2,8-9H2,1H3,(H,26,27). The van der Waals surface area contributed by atoms with Crippen molar-refractivity contribution < 1.29 is 18.5 Å². The average molecular weight is 401 g/mol. The summed E-state index contributed by atoms with van der Waals surface area (Å²) in [6.07, 6.45) is 1.58. The SMILES string of the molecule is CCN1C(=O)C2(CC2)c2cc(C(NS(=O)O)c3cccc([N+](=O)[O-])c3)ccc21. The zero-order chi connectivity index (χ0) is 20.1. The minimum atomic E-state index is -2.33. The van der Waals surface area contributed by atoms with Crippen LogP contribution in [0.1, 0.15) is 42.5 Å². The Morgan fingerprint density at radius 1 is 1.29 bits per heavy atom. The van der Waals surface area contributed by atoms with E-state index in [-0.39, 0.29) is 11.6 Å². The topological polar surface area (TPSA) is 113 Å². The molecular weight excluding hydrogens is 382 g/mol. The molecule has 1 fully saturated rings. The van der Waals surface area contributed by atoms with Crippen LogP contribution in [0.25, 0.3) is 0 Å². The van der Waals surface area contributed by atoms with Gasteiger partial charge in [0.1, 0.15) is 0 Å². The average Bonchev–Trinajstić information content (AvgIpc) is 3.44. The van der Waals surface area contributed by atoms with Crippen molar-refractivity contribution >= 4 is 28.5 Å². The molecule has 0 aromatic heterocycles. The summed E-state index contributed by atoms with van der Waals surface area (Å²) in [5.41, 5.74) is 2.40. The molecule has 146 valence electrons. The number of carbonyl (C=O) groups excluding carboxylic acids is 1. The molecule has 2 aromatic rings. The number of rotatable bonds is 6. The Labute approximate surface area is 164 Å². The molecule has 1 aliphatic carbocycles. The summed E-state index contributed by atoms with van der Waals surface area (Å²) < 4.78 is 23.5. The predicted octanol–water partition coefficient (Wildman–Crippen LogP) is 2.81. The van der Waals surface area contributed by atoms with Gasteiger partial charge in [-0.05, 0) is 42.5 Å². The highest BCUT2D eigenvalue weighted by molar-refractivity contribution is 7.77. The Morgan fingerprint density at radius 3 is 2.61 bits per heavy atom. The van der Waals surface area contributed by atoms with E-state index in [9.17, 15) is 23.7 Å². The van der Waals surface area contributed by atoms with E-state index >= 15 is 0 Å². The van der Waals surface area contributed by atoms with Gasteiger partial charge in [-0.1, -0.05) is 24.3 Å². The third-order valence-corrected chi connectivity index (χ3v) is 5.95. The van der Waals surface area contributed by atoms with Gasteiger partial charge in [0, 0.05) is 24.4 Å². The monoisotopic (exact) mass is 401 g/mol. The van der Waals surface area contributed by atoms with Crippen molar-refractivity contribution in [3.63, 3.8) is 0 Å². The maximum absolute atomic E-state index is 12.8. The van der Waals surface area contributed by atoms with Gasteiger partial charge in [-0.3, -0.25) is 19.5 Å². The minimum absolute atomic E-state index is 0.0971. The molecule has 9 heteroatoms. The number of fused-ring (bicyclic) bond motifs is 2. The van der Waals surface area contributed by atoms with Crippen LogP contribution in [0.2, 0.25) is 0 Å². The fourth-order valence-electron chi connectivity index (χ4n) is 4.00. The van der Waals surface area contributed by atoms with E-state index in [1.807, 2.05) is 19.1 Å². The second kappa shape index (κ2) is 6.77. The molecule has 2 N–H and O–H groups in total. The van der Waals surface area contributed by atoms with Gasteiger partial charge in [0.2, 0.25) is 17.2 Å². The molecule has 1 spiro atoms. The van der Waals surface area contributed by atoms with Crippen LogP contribution in [0, 0.1) is 10.1 Å². The number of hydrogen-bond donors (Lipinski definition) is 2. The lowest BCUT2D eigenvalue weighted by molar-refractivity contribution is -0.384. The van der Waals surface area contributed by atoms with Gasteiger partial charge in [0.05, 0.1) is 16.4 Å². The summed E-state index contributed by atoms with van der Waals surface area (Å²) in [7, 11) is 0. The number of likely N-dealkylation sites (N-methyl/N-ethyl adjacent to an activating group) is 1. The fourth-order valence-corrected chi connectivity index (χ4v) is 4.48. The normalized spacial score (nSPS) is 18.8. The maximum atomic E-state index is 12.8. The number of nitro groups is 1. The molecule has 0 radical (unpaired) electrons. The molecule has 1 saturated carbocycles. The first-order valence-electron chi connectivity index (χ1n) is 8.95. The van der Waals surface area contributed by atoms with Gasteiger partial charge in [0.15, 0.2) is 0 Å². The van der Waals surface area contributed by atoms with E-state index in [0.717, 1.165) is 24.1 Å². The molecule has 1 aliphatic heterocycles. The predicted molar refractivity (Wildman–Crippen MR) is 104 cm³/mol. The quantitative estimate of drug-likeness (QED) is 0.439. The summed E-state index contributed by atoms with van der Waals surface area (Å²) >= 11 is -2.33. The molecule has 2 aromatic carbocycles. The van der Waals surface area contributed by atoms with Crippen LogP contribution in [0.3, 0.4) is 0 Å². The van der Waals surface area contributed by atoms with E-state index in [4.69, 9.17) is 0 Å². The number of amides is 1. The van der Waals surface area contributed by atoms with Crippen LogP contribution >= 0.6 is 0 Å². The molecular formula is C19H19N3O5S. The van der Waals surface area contributed by atoms with Crippen LogP contribution < -0.4 is 9.62 Å². The molecule has 0 bridgehead atoms. The van der Waals surface area contributed by atoms with Gasteiger partial charge < -0.3 is 4.90 Å². The molecule has 2 unspecified atom stereocenters. The molecule has 28 heavy (non-hydrogen) atoms. The Bertz CT molecular complexity index is 1000. The Kier molecular flexibility index (Phi) is 4.53. The number of nitrogens with one attached hydrogen (secondary N) is 1. The van der Waals surface area contributed by atoms with Crippen LogP contribution in [-0.2, 0) is 21.5 Å². The number of benzene rings is 2. The third kappa shape index (κ3) is 2.92. The van der Waals surface area contributed by atoms with Crippen LogP contribution in [0.4, 0.5) is 11.4 Å². The van der Waals surface area contributed by atoms with Crippen LogP contribution in [-0.4, -0.2) is 26.1 Å². The molecule has 2 atom stereocenters. The Morgan fingerprint density at radius 2 is 2.00 bits per heavy atom. The smallest absolute Gasteiger partial charge is 0.269 e. The maximum Gasteiger partial charge on any atom is 0.269 e. The van der Waals surface area contributed by atoms with E-state index in [1.165, 1.54) is 12.1 Å². The van der Waals surface area contributed by atoms with Crippen molar-refractivity contribution in [1.82, 2.24) is 4.72 Å². The molecule has 8 nitrogen and oxygen atoms in total. The molecule has 1 heterocycles. The fraction of sp³-hybridized carbons (Fsp3) is 0.316. The van der Waals surface area contributed by atoms with Crippen molar-refractivity contribution in [2.75, 3.05) is 11.4 Å². The lowest BCUT2D eigenvalue weighted by Gasteiger charge is -2.19. The van der Waals surface area contributed by atoms with Crippen molar-refractivity contribution in [3.8, 4) is 0 Å². The number of anilines is 1. The van der Waals surface area contributed by atoms with Gasteiger partial charge in [-0.15, -0.1) is 0 Å². The first-order valence-corrected chi connectivity index (χ1v) is 10.1. The first kappa shape index (κ1) is 18.7. The largest absolute Gasteiger partial charge is 0.312 e. The van der Waals surface area contributed by atoms with Gasteiger partial charge in [-0.25, -0.2) is 8.93 Å². The number of hydrogen-bond acceptors (Lipinski definition) is 4. The van der Waals surface area contributed by atoms with Crippen molar-refractivity contribution in [2.45, 2.75) is 31.2 Å². The van der Waals surface area contributed by atoms with Crippen molar-refractivity contribution in [2.24, 2.45) is 0 Å². The summed E-state index contributed by atoms with van der Waals surface area (Å²) in [4.78, 5) is 25.2. The highest BCUT2D eigenvalue weighted by Gasteiger charge is 2.58. The zero-order valence-corrected chi connectivity index (χ0v) is 15.9. The van der Waals surface area contributed by atoms with E-state index in [0.29, 0.717) is 17.7 Å². The van der Waals surface area contributed by atoms with Crippen molar-refractivity contribution in [3.05, 3.63) is 69.3 Å². The van der Waals surface area contributed by atoms with E-state index in [2.05, 4.69) is 4.72 Å². The molecule has 1 amide bonds. The first-order chi connectivity index (χ1) is 13.4. The molecule has 0 saturated heterocycles. The van der Waals surface area contributed by atoms with Gasteiger partial charge in [-0.2, -0.15) is 0 Å². The van der Waals surface area contributed by atoms with Crippen LogP contribution in [0.15, 0.2) is 42.5 Å². The number of nitrogens with zero attached hydrogens (tertiary/aromatic N) is 2. The zero-order valence-electron chi connectivity index (χ0n) is 15.1. The lowest BCUT2D eigenvalue weighted by atomic mass is 9.92. The number of nitro benzene ring substituents is 1. The Balaban J connectivity index is 1.80. The second-order valence-corrected chi connectivity index (χ2v) is 7.79. The molecule has 4 rings (SSSR count). The highest BCUT2D eigenvalue weighted by Crippen LogP contribution is 2.57. The lowest BCUT2D eigenvalue weighted by Crippen LogP contribution is -2.31. The second-order valence-electron chi connectivity index (χ2n) is 7.06. The third-order valence-electron chi connectivity index (χ3n) is 5.51.